The first-order chi connectivity index (χ1) is 6.71. The van der Waals surface area contributed by atoms with Gasteiger partial charge in [-0.2, -0.15) is 0 Å². The summed E-state index contributed by atoms with van der Waals surface area (Å²) in [7, 11) is -3.46. The molecule has 0 aromatic carbocycles. The number of sulfonamides is 1. The minimum absolute atomic E-state index is 0.186. The van der Waals surface area contributed by atoms with Gasteiger partial charge in [-0.15, -0.1) is 0 Å². The van der Waals surface area contributed by atoms with Crippen LogP contribution in [0.25, 0.3) is 0 Å². The van der Waals surface area contributed by atoms with Crippen LogP contribution in [0.4, 0.5) is 0 Å². The Morgan fingerprint density at radius 3 is 2.33 bits per heavy atom. The molecule has 1 rings (SSSR count). The van der Waals surface area contributed by atoms with E-state index in [2.05, 4.69) is 9.71 Å². The molecule has 15 heavy (non-hydrogen) atoms. The van der Waals surface area contributed by atoms with E-state index >= 15 is 0 Å². The van der Waals surface area contributed by atoms with Crippen molar-refractivity contribution in [3.05, 3.63) is 23.0 Å². The number of aromatic nitrogens is 1. The number of hydrogen-bond acceptors (Lipinski definition) is 3. The van der Waals surface area contributed by atoms with Gasteiger partial charge in [0, 0.05) is 11.7 Å². The summed E-state index contributed by atoms with van der Waals surface area (Å²) in [4.78, 5) is 2.87. The third-order valence-electron chi connectivity index (χ3n) is 1.51. The molecular formula is C9H14N2O2S2. The number of pyridine rings is 1. The van der Waals surface area contributed by atoms with Crippen LogP contribution in [0.15, 0.2) is 23.2 Å². The average Bonchev–Trinajstić information content (AvgIpc) is 2.00. The molecule has 0 atom stereocenters. The van der Waals surface area contributed by atoms with Crippen molar-refractivity contribution in [3.8, 4) is 0 Å². The Morgan fingerprint density at radius 1 is 1.33 bits per heavy atom. The smallest absolute Gasteiger partial charge is 0.242 e. The highest BCUT2D eigenvalue weighted by molar-refractivity contribution is 7.89. The van der Waals surface area contributed by atoms with E-state index in [0.717, 1.165) is 0 Å². The lowest BCUT2D eigenvalue weighted by atomic mass is 10.1. The van der Waals surface area contributed by atoms with Gasteiger partial charge in [-0.1, -0.05) is 12.2 Å². The number of aromatic amines is 1. The molecule has 0 aliphatic rings. The molecule has 0 fully saturated rings. The first-order valence-electron chi connectivity index (χ1n) is 4.43. The van der Waals surface area contributed by atoms with Gasteiger partial charge in [-0.25, -0.2) is 13.1 Å². The predicted octanol–water partition coefficient (Wildman–Crippen LogP) is 1.82. The van der Waals surface area contributed by atoms with Crippen LogP contribution in [-0.2, 0) is 10.0 Å². The monoisotopic (exact) mass is 246 g/mol. The molecule has 0 saturated carbocycles. The van der Waals surface area contributed by atoms with Gasteiger partial charge >= 0.3 is 0 Å². The highest BCUT2D eigenvalue weighted by Gasteiger charge is 2.21. The van der Waals surface area contributed by atoms with E-state index in [1.807, 2.05) is 0 Å². The van der Waals surface area contributed by atoms with Crippen LogP contribution in [0.3, 0.4) is 0 Å². The van der Waals surface area contributed by atoms with E-state index in [9.17, 15) is 8.42 Å². The van der Waals surface area contributed by atoms with E-state index in [1.54, 1.807) is 26.8 Å². The second-order valence-corrected chi connectivity index (χ2v) is 6.37. The fourth-order valence-electron chi connectivity index (χ4n) is 1.03. The van der Waals surface area contributed by atoms with Crippen LogP contribution in [-0.4, -0.2) is 18.9 Å². The summed E-state index contributed by atoms with van der Waals surface area (Å²) in [5.74, 6) is 0. The molecule has 1 aromatic rings. The Kier molecular flexibility index (Phi) is 3.32. The molecule has 6 heteroatoms. The largest absolute Gasteiger partial charge is 0.352 e. The Balaban J connectivity index is 3.07. The van der Waals surface area contributed by atoms with Gasteiger partial charge in [-0.05, 0) is 32.9 Å². The minimum atomic E-state index is -3.46. The van der Waals surface area contributed by atoms with E-state index < -0.39 is 15.6 Å². The van der Waals surface area contributed by atoms with Gasteiger partial charge < -0.3 is 4.98 Å². The molecule has 1 heterocycles. The summed E-state index contributed by atoms with van der Waals surface area (Å²) in [6, 6.07) is 3.03. The summed E-state index contributed by atoms with van der Waals surface area (Å²) in [6.07, 6.45) is 1.39. The molecule has 0 unspecified atom stereocenters. The van der Waals surface area contributed by atoms with Gasteiger partial charge in [0.1, 0.15) is 4.64 Å². The number of H-pyrrole nitrogens is 1. The standard InChI is InChI=1S/C9H14N2O2S2/c1-9(2,3)11-15(12,13)7-4-5-8(14)10-6-7/h4-6,11H,1-3H3,(H,10,14). The second-order valence-electron chi connectivity index (χ2n) is 4.24. The molecule has 1 aromatic heterocycles. The molecular weight excluding hydrogens is 232 g/mol. The van der Waals surface area contributed by atoms with E-state index in [-0.39, 0.29) is 4.90 Å². The van der Waals surface area contributed by atoms with Crippen molar-refractivity contribution < 1.29 is 8.42 Å². The summed E-state index contributed by atoms with van der Waals surface area (Å²) in [5, 5.41) is 0. The lowest BCUT2D eigenvalue weighted by Gasteiger charge is -2.20. The van der Waals surface area contributed by atoms with Gasteiger partial charge in [0.25, 0.3) is 0 Å². The Bertz CT molecular complexity index is 477. The van der Waals surface area contributed by atoms with Gasteiger partial charge in [-0.3, -0.25) is 0 Å². The molecule has 0 radical (unpaired) electrons. The highest BCUT2D eigenvalue weighted by atomic mass is 32.2. The third kappa shape index (κ3) is 3.73. The Labute approximate surface area is 94.8 Å². The van der Waals surface area contributed by atoms with Gasteiger partial charge in [0.2, 0.25) is 10.0 Å². The van der Waals surface area contributed by atoms with E-state index in [4.69, 9.17) is 12.2 Å². The number of rotatable bonds is 2. The third-order valence-corrected chi connectivity index (χ3v) is 3.52. The molecule has 0 spiro atoms. The van der Waals surface area contributed by atoms with Crippen molar-refractivity contribution in [1.29, 1.82) is 0 Å². The Hall–Kier alpha value is -0.720. The first-order valence-corrected chi connectivity index (χ1v) is 6.33. The molecule has 2 N–H and O–H groups in total. The predicted molar refractivity (Wildman–Crippen MR) is 61.7 cm³/mol. The molecule has 0 aliphatic carbocycles. The minimum Gasteiger partial charge on any atom is -0.352 e. The Morgan fingerprint density at radius 2 is 1.93 bits per heavy atom. The van der Waals surface area contributed by atoms with Crippen molar-refractivity contribution in [2.24, 2.45) is 0 Å². The maximum Gasteiger partial charge on any atom is 0.242 e. The van der Waals surface area contributed by atoms with Crippen LogP contribution in [0.5, 0.6) is 0 Å². The van der Waals surface area contributed by atoms with Crippen molar-refractivity contribution in [2.75, 3.05) is 0 Å². The zero-order chi connectivity index (χ0) is 11.7. The summed E-state index contributed by atoms with van der Waals surface area (Å²) in [6.45, 7) is 5.36. The number of hydrogen-bond donors (Lipinski definition) is 2. The molecule has 84 valence electrons. The second kappa shape index (κ2) is 4.03. The SMILES string of the molecule is CC(C)(C)NS(=O)(=O)c1ccc(=S)[nH]c1. The zero-order valence-electron chi connectivity index (χ0n) is 8.87. The molecule has 0 aliphatic heterocycles. The van der Waals surface area contributed by atoms with Crippen LogP contribution in [0.2, 0.25) is 0 Å². The lowest BCUT2D eigenvalue weighted by Crippen LogP contribution is -2.40. The summed E-state index contributed by atoms with van der Waals surface area (Å²) in [5.41, 5.74) is -0.495. The lowest BCUT2D eigenvalue weighted by molar-refractivity contribution is 0.491. The summed E-state index contributed by atoms with van der Waals surface area (Å²) < 4.78 is 26.6. The fourth-order valence-corrected chi connectivity index (χ4v) is 2.54. The number of nitrogens with one attached hydrogen (secondary N) is 2. The average molecular weight is 246 g/mol. The maximum absolute atomic E-state index is 11.8. The quantitative estimate of drug-likeness (QED) is 0.782. The first kappa shape index (κ1) is 12.4. The normalized spacial score (nSPS) is 12.7. The molecule has 0 amide bonds. The van der Waals surface area contributed by atoms with Gasteiger partial charge in [0.15, 0.2) is 0 Å². The van der Waals surface area contributed by atoms with Gasteiger partial charge in [0.05, 0.1) is 4.90 Å². The van der Waals surface area contributed by atoms with Crippen molar-refractivity contribution in [1.82, 2.24) is 9.71 Å². The zero-order valence-corrected chi connectivity index (χ0v) is 10.5. The molecule has 4 nitrogen and oxygen atoms in total. The van der Waals surface area contributed by atoms with Crippen molar-refractivity contribution in [2.45, 2.75) is 31.2 Å². The maximum atomic E-state index is 11.8. The highest BCUT2D eigenvalue weighted by Crippen LogP contribution is 2.10. The van der Waals surface area contributed by atoms with Crippen LogP contribution in [0, 0.1) is 4.64 Å². The summed E-state index contributed by atoms with van der Waals surface area (Å²) >= 11 is 4.83. The van der Waals surface area contributed by atoms with E-state index in [1.165, 1.54) is 12.3 Å². The van der Waals surface area contributed by atoms with Crippen molar-refractivity contribution >= 4 is 22.2 Å². The molecule has 0 saturated heterocycles. The van der Waals surface area contributed by atoms with Crippen molar-refractivity contribution in [3.63, 3.8) is 0 Å². The van der Waals surface area contributed by atoms with Crippen LogP contribution < -0.4 is 4.72 Å². The van der Waals surface area contributed by atoms with E-state index in [0.29, 0.717) is 4.64 Å². The topological polar surface area (TPSA) is 62.0 Å². The van der Waals surface area contributed by atoms with Crippen LogP contribution in [0.1, 0.15) is 20.8 Å². The molecule has 0 bridgehead atoms. The fraction of sp³-hybridized carbons (Fsp3) is 0.444. The van der Waals surface area contributed by atoms with Crippen LogP contribution >= 0.6 is 12.2 Å².